The van der Waals surface area contributed by atoms with Crippen molar-refractivity contribution in [2.75, 3.05) is 13.2 Å². The second-order valence-corrected chi connectivity index (χ2v) is 7.61. The van der Waals surface area contributed by atoms with Gasteiger partial charge in [0.15, 0.2) is 0 Å². The summed E-state index contributed by atoms with van der Waals surface area (Å²) in [5.41, 5.74) is 0.717. The highest BCUT2D eigenvalue weighted by Crippen LogP contribution is 2.27. The Hall–Kier alpha value is -2.34. The summed E-state index contributed by atoms with van der Waals surface area (Å²) in [6, 6.07) is 11.4. The number of unbranched alkanes of at least 4 members (excludes halogenated alkanes) is 1. The van der Waals surface area contributed by atoms with E-state index in [1.807, 2.05) is 13.8 Å². The predicted octanol–water partition coefficient (Wildman–Crippen LogP) is 5.66. The van der Waals surface area contributed by atoms with Crippen LogP contribution in [-0.2, 0) is 4.74 Å². The van der Waals surface area contributed by atoms with Gasteiger partial charge in [0.05, 0.1) is 28.8 Å². The maximum atomic E-state index is 12.4. The molecule has 0 saturated carbocycles. The summed E-state index contributed by atoms with van der Waals surface area (Å²) in [5, 5.41) is 0. The van der Waals surface area contributed by atoms with Gasteiger partial charge in [-0.05, 0) is 64.7 Å². The predicted molar refractivity (Wildman–Crippen MR) is 111 cm³/mol. The van der Waals surface area contributed by atoms with Crippen molar-refractivity contribution in [1.82, 2.24) is 0 Å². The highest BCUT2D eigenvalue weighted by Gasteiger charge is 2.14. The molecule has 0 aromatic heterocycles. The van der Waals surface area contributed by atoms with Crippen LogP contribution in [-0.4, -0.2) is 25.2 Å². The number of carbonyl (C=O) groups is 2. The van der Waals surface area contributed by atoms with Crippen LogP contribution >= 0.6 is 15.9 Å². The molecule has 0 saturated heterocycles. The summed E-state index contributed by atoms with van der Waals surface area (Å²) < 4.78 is 17.0. The smallest absolute Gasteiger partial charge is 0.343 e. The molecule has 0 amide bonds. The Morgan fingerprint density at radius 3 is 2.46 bits per heavy atom. The van der Waals surface area contributed by atoms with Gasteiger partial charge >= 0.3 is 11.9 Å². The third kappa shape index (κ3) is 6.68. The fraction of sp³-hybridized carbons (Fsp3) is 0.364. The van der Waals surface area contributed by atoms with Crippen molar-refractivity contribution in [1.29, 1.82) is 0 Å². The number of esters is 2. The minimum atomic E-state index is -0.520. The van der Waals surface area contributed by atoms with Gasteiger partial charge in [-0.15, -0.1) is 0 Å². The molecule has 0 fully saturated rings. The molecule has 2 aromatic rings. The van der Waals surface area contributed by atoms with E-state index in [9.17, 15) is 9.59 Å². The first kappa shape index (κ1) is 22.0. The van der Waals surface area contributed by atoms with Crippen molar-refractivity contribution in [3.8, 4) is 11.5 Å². The van der Waals surface area contributed by atoms with Gasteiger partial charge in [0.2, 0.25) is 0 Å². The number of halogens is 1. The molecule has 0 aliphatic rings. The van der Waals surface area contributed by atoms with E-state index in [1.54, 1.807) is 36.4 Å². The second kappa shape index (κ2) is 10.9. The van der Waals surface area contributed by atoms with Crippen molar-refractivity contribution < 1.29 is 23.8 Å². The first-order valence-corrected chi connectivity index (χ1v) is 10.1. The monoisotopic (exact) mass is 448 g/mol. The average molecular weight is 449 g/mol. The lowest BCUT2D eigenvalue weighted by Gasteiger charge is -2.10. The third-order valence-corrected chi connectivity index (χ3v) is 4.37. The topological polar surface area (TPSA) is 61.8 Å². The molecule has 0 atom stereocenters. The standard InChI is InChI=1S/C22H25BrO5/c1-4-5-11-26-20-10-9-17(13-19(20)23)22(25)28-18-8-6-7-16(12-18)21(24)27-14-15(2)3/h6-10,12-13,15H,4-5,11,14H2,1-3H3. The maximum absolute atomic E-state index is 12.4. The Morgan fingerprint density at radius 1 is 1.04 bits per heavy atom. The van der Waals surface area contributed by atoms with Gasteiger partial charge in [0, 0.05) is 0 Å². The molecule has 0 spiro atoms. The number of carbonyl (C=O) groups excluding carboxylic acids is 2. The fourth-order valence-corrected chi connectivity index (χ4v) is 2.74. The summed E-state index contributed by atoms with van der Waals surface area (Å²) in [5.74, 6) is 0.247. The minimum Gasteiger partial charge on any atom is -0.492 e. The molecule has 0 radical (unpaired) electrons. The van der Waals surface area contributed by atoms with Crippen LogP contribution in [0, 0.1) is 5.92 Å². The Bertz CT molecular complexity index is 816. The highest BCUT2D eigenvalue weighted by molar-refractivity contribution is 9.10. The molecule has 0 unspecified atom stereocenters. The van der Waals surface area contributed by atoms with Crippen LogP contribution in [0.25, 0.3) is 0 Å². The van der Waals surface area contributed by atoms with Gasteiger partial charge in [-0.1, -0.05) is 33.3 Å². The molecule has 6 heteroatoms. The molecule has 0 aliphatic heterocycles. The number of hydrogen-bond acceptors (Lipinski definition) is 5. The van der Waals surface area contributed by atoms with Gasteiger partial charge in [0.25, 0.3) is 0 Å². The Morgan fingerprint density at radius 2 is 1.79 bits per heavy atom. The molecule has 0 bridgehead atoms. The Balaban J connectivity index is 2.03. The molecular weight excluding hydrogens is 424 g/mol. The number of ether oxygens (including phenoxy) is 3. The zero-order chi connectivity index (χ0) is 20.5. The minimum absolute atomic E-state index is 0.248. The van der Waals surface area contributed by atoms with Crippen LogP contribution in [0.15, 0.2) is 46.9 Å². The van der Waals surface area contributed by atoms with Crippen molar-refractivity contribution >= 4 is 27.9 Å². The highest BCUT2D eigenvalue weighted by atomic mass is 79.9. The van der Waals surface area contributed by atoms with E-state index in [1.165, 1.54) is 6.07 Å². The van der Waals surface area contributed by atoms with Crippen molar-refractivity contribution in [3.05, 3.63) is 58.1 Å². The summed E-state index contributed by atoms with van der Waals surface area (Å²) >= 11 is 3.42. The van der Waals surface area contributed by atoms with E-state index in [2.05, 4.69) is 22.9 Å². The molecular formula is C22H25BrO5. The zero-order valence-corrected chi connectivity index (χ0v) is 18.0. The van der Waals surface area contributed by atoms with Crippen LogP contribution in [0.3, 0.4) is 0 Å². The maximum Gasteiger partial charge on any atom is 0.343 e. The normalized spacial score (nSPS) is 10.6. The number of rotatable bonds is 9. The summed E-state index contributed by atoms with van der Waals surface area (Å²) in [6.45, 7) is 6.98. The van der Waals surface area contributed by atoms with Gasteiger partial charge < -0.3 is 14.2 Å². The average Bonchev–Trinajstić information content (AvgIpc) is 2.67. The second-order valence-electron chi connectivity index (χ2n) is 6.76. The SMILES string of the molecule is CCCCOc1ccc(C(=O)Oc2cccc(C(=O)OCC(C)C)c2)cc1Br. The van der Waals surface area contributed by atoms with E-state index in [-0.39, 0.29) is 11.7 Å². The first-order valence-electron chi connectivity index (χ1n) is 9.32. The van der Waals surface area contributed by atoms with E-state index >= 15 is 0 Å². The quantitative estimate of drug-likeness (QED) is 0.281. The molecule has 0 N–H and O–H groups in total. The van der Waals surface area contributed by atoms with E-state index in [4.69, 9.17) is 14.2 Å². The van der Waals surface area contributed by atoms with Crippen molar-refractivity contribution in [2.24, 2.45) is 5.92 Å². The molecule has 0 heterocycles. The Labute approximate surface area is 174 Å². The molecule has 150 valence electrons. The Kier molecular flexibility index (Phi) is 8.51. The van der Waals surface area contributed by atoms with Gasteiger partial charge in [-0.25, -0.2) is 9.59 Å². The van der Waals surface area contributed by atoms with Crippen LogP contribution in [0.2, 0.25) is 0 Å². The molecule has 2 aromatic carbocycles. The molecule has 2 rings (SSSR count). The lowest BCUT2D eigenvalue weighted by Crippen LogP contribution is -2.12. The van der Waals surface area contributed by atoms with Gasteiger partial charge in [0.1, 0.15) is 11.5 Å². The summed E-state index contributed by atoms with van der Waals surface area (Å²) in [6.07, 6.45) is 2.01. The fourth-order valence-electron chi connectivity index (χ4n) is 2.25. The summed E-state index contributed by atoms with van der Waals surface area (Å²) in [4.78, 5) is 24.5. The number of hydrogen-bond donors (Lipinski definition) is 0. The van der Waals surface area contributed by atoms with E-state index in [0.29, 0.717) is 34.6 Å². The summed E-state index contributed by atoms with van der Waals surface area (Å²) in [7, 11) is 0. The lowest BCUT2D eigenvalue weighted by atomic mass is 10.2. The van der Waals surface area contributed by atoms with Crippen LogP contribution in [0.5, 0.6) is 11.5 Å². The van der Waals surface area contributed by atoms with Crippen LogP contribution in [0.4, 0.5) is 0 Å². The largest absolute Gasteiger partial charge is 0.492 e. The third-order valence-electron chi connectivity index (χ3n) is 3.75. The van der Waals surface area contributed by atoms with Crippen molar-refractivity contribution in [2.45, 2.75) is 33.6 Å². The zero-order valence-electron chi connectivity index (χ0n) is 16.4. The lowest BCUT2D eigenvalue weighted by molar-refractivity contribution is 0.0457. The number of benzene rings is 2. The van der Waals surface area contributed by atoms with Gasteiger partial charge in [-0.2, -0.15) is 0 Å². The molecule has 0 aliphatic carbocycles. The van der Waals surface area contributed by atoms with E-state index in [0.717, 1.165) is 12.8 Å². The van der Waals surface area contributed by atoms with Crippen molar-refractivity contribution in [3.63, 3.8) is 0 Å². The van der Waals surface area contributed by atoms with Crippen LogP contribution in [0.1, 0.15) is 54.3 Å². The van der Waals surface area contributed by atoms with Crippen LogP contribution < -0.4 is 9.47 Å². The van der Waals surface area contributed by atoms with Gasteiger partial charge in [-0.3, -0.25) is 0 Å². The molecule has 5 nitrogen and oxygen atoms in total. The molecule has 28 heavy (non-hydrogen) atoms. The first-order chi connectivity index (χ1) is 13.4. The van der Waals surface area contributed by atoms with E-state index < -0.39 is 11.9 Å².